The standard InChI is InChI=1S/C13H24N6O4/c1-3-4-9-12(22)19(7-8(2)11(21)17-15)13(23)18(9)6-5-10(20)16-14/h8-9H,3-7,14-15H2,1-2H3,(H,16,20)(H,17,21)/t8-,9+/m1/s1. The highest BCUT2D eigenvalue weighted by Crippen LogP contribution is 2.22. The van der Waals surface area contributed by atoms with Crippen LogP contribution in [0.1, 0.15) is 33.1 Å². The van der Waals surface area contributed by atoms with Crippen LogP contribution in [0.5, 0.6) is 0 Å². The molecule has 130 valence electrons. The number of hydrogen-bond acceptors (Lipinski definition) is 6. The van der Waals surface area contributed by atoms with Gasteiger partial charge in [-0.1, -0.05) is 20.3 Å². The normalized spacial score (nSPS) is 19.0. The van der Waals surface area contributed by atoms with Crippen LogP contribution in [0.3, 0.4) is 0 Å². The highest BCUT2D eigenvalue weighted by molar-refractivity contribution is 6.04. The van der Waals surface area contributed by atoms with Gasteiger partial charge in [-0.05, 0) is 6.42 Å². The van der Waals surface area contributed by atoms with Crippen LogP contribution in [-0.4, -0.2) is 52.7 Å². The number of hydrazine groups is 2. The van der Waals surface area contributed by atoms with Crippen molar-refractivity contribution < 1.29 is 19.2 Å². The predicted octanol–water partition coefficient (Wildman–Crippen LogP) is -1.57. The van der Waals surface area contributed by atoms with Crippen LogP contribution in [0.2, 0.25) is 0 Å². The molecule has 6 N–H and O–H groups in total. The van der Waals surface area contributed by atoms with E-state index in [1.165, 1.54) is 4.90 Å². The van der Waals surface area contributed by atoms with Crippen molar-refractivity contribution in [2.75, 3.05) is 13.1 Å². The van der Waals surface area contributed by atoms with Gasteiger partial charge in [0.1, 0.15) is 6.04 Å². The number of rotatable bonds is 8. The molecule has 0 spiro atoms. The van der Waals surface area contributed by atoms with Gasteiger partial charge < -0.3 is 4.90 Å². The summed E-state index contributed by atoms with van der Waals surface area (Å²) in [4.78, 5) is 50.1. The van der Waals surface area contributed by atoms with Gasteiger partial charge in [-0.3, -0.25) is 30.1 Å². The molecule has 1 aliphatic rings. The maximum absolute atomic E-state index is 12.5. The number of amides is 5. The fourth-order valence-corrected chi connectivity index (χ4v) is 2.46. The van der Waals surface area contributed by atoms with Crippen LogP contribution in [0.25, 0.3) is 0 Å². The lowest BCUT2D eigenvalue weighted by molar-refractivity contribution is -0.130. The van der Waals surface area contributed by atoms with Crippen molar-refractivity contribution in [1.29, 1.82) is 0 Å². The fraction of sp³-hybridized carbons (Fsp3) is 0.692. The second-order valence-electron chi connectivity index (χ2n) is 5.46. The van der Waals surface area contributed by atoms with E-state index in [2.05, 4.69) is 0 Å². The van der Waals surface area contributed by atoms with Crippen molar-refractivity contribution in [2.45, 2.75) is 39.2 Å². The van der Waals surface area contributed by atoms with Crippen LogP contribution in [0.15, 0.2) is 0 Å². The molecule has 0 bridgehead atoms. The van der Waals surface area contributed by atoms with E-state index in [0.717, 1.165) is 4.90 Å². The Kier molecular flexibility index (Phi) is 6.91. The molecule has 23 heavy (non-hydrogen) atoms. The first-order valence-corrected chi connectivity index (χ1v) is 7.49. The first kappa shape index (κ1) is 18.8. The third-order valence-corrected chi connectivity index (χ3v) is 3.75. The molecule has 1 aliphatic heterocycles. The molecule has 2 atom stereocenters. The van der Waals surface area contributed by atoms with Gasteiger partial charge in [-0.15, -0.1) is 0 Å². The van der Waals surface area contributed by atoms with E-state index in [1.54, 1.807) is 6.92 Å². The maximum Gasteiger partial charge on any atom is 0.327 e. The topological polar surface area (TPSA) is 151 Å². The Bertz CT molecular complexity index is 483. The van der Waals surface area contributed by atoms with E-state index in [4.69, 9.17) is 11.7 Å². The van der Waals surface area contributed by atoms with Gasteiger partial charge in [0.15, 0.2) is 0 Å². The Hall–Kier alpha value is -2.20. The number of nitrogens with zero attached hydrogens (tertiary/aromatic N) is 2. The van der Waals surface area contributed by atoms with E-state index < -0.39 is 29.8 Å². The number of urea groups is 1. The molecule has 0 radical (unpaired) electrons. The zero-order valence-electron chi connectivity index (χ0n) is 13.4. The summed E-state index contributed by atoms with van der Waals surface area (Å²) < 4.78 is 0. The van der Waals surface area contributed by atoms with Crippen molar-refractivity contribution in [3.8, 4) is 0 Å². The monoisotopic (exact) mass is 328 g/mol. The minimum absolute atomic E-state index is 0.00239. The molecule has 0 aromatic heterocycles. The molecular weight excluding hydrogens is 304 g/mol. The highest BCUT2D eigenvalue weighted by Gasteiger charge is 2.44. The number of carbonyl (C=O) groups is 4. The summed E-state index contributed by atoms with van der Waals surface area (Å²) in [6, 6.07) is -1.12. The second-order valence-corrected chi connectivity index (χ2v) is 5.46. The Morgan fingerprint density at radius 3 is 2.43 bits per heavy atom. The third-order valence-electron chi connectivity index (χ3n) is 3.75. The van der Waals surface area contributed by atoms with Gasteiger partial charge in [0.25, 0.3) is 5.91 Å². The zero-order chi connectivity index (χ0) is 17.6. The Morgan fingerprint density at radius 1 is 1.26 bits per heavy atom. The van der Waals surface area contributed by atoms with Crippen LogP contribution in [0.4, 0.5) is 4.79 Å². The molecule has 10 nitrogen and oxygen atoms in total. The van der Waals surface area contributed by atoms with E-state index in [1.807, 2.05) is 17.8 Å². The number of nitrogens with two attached hydrogens (primary N) is 2. The van der Waals surface area contributed by atoms with Gasteiger partial charge in [0.05, 0.1) is 5.92 Å². The largest absolute Gasteiger partial charge is 0.327 e. The van der Waals surface area contributed by atoms with Crippen LogP contribution < -0.4 is 22.5 Å². The minimum Gasteiger partial charge on any atom is -0.312 e. The molecule has 0 unspecified atom stereocenters. The van der Waals surface area contributed by atoms with E-state index in [-0.39, 0.29) is 25.4 Å². The molecule has 1 rings (SSSR count). The SMILES string of the molecule is CCC[C@H]1C(=O)N(C[C@@H](C)C(=O)NN)C(=O)N1CCC(=O)NN. The first-order valence-electron chi connectivity index (χ1n) is 7.49. The summed E-state index contributed by atoms with van der Waals surface area (Å²) in [5, 5.41) is 0. The second kappa shape index (κ2) is 8.44. The van der Waals surface area contributed by atoms with Gasteiger partial charge >= 0.3 is 6.03 Å². The van der Waals surface area contributed by atoms with E-state index in [9.17, 15) is 19.2 Å². The lowest BCUT2D eigenvalue weighted by Gasteiger charge is -2.21. The summed E-state index contributed by atoms with van der Waals surface area (Å²) in [6.45, 7) is 3.50. The van der Waals surface area contributed by atoms with Crippen LogP contribution in [0, 0.1) is 5.92 Å². The maximum atomic E-state index is 12.5. The summed E-state index contributed by atoms with van der Waals surface area (Å²) in [5.41, 5.74) is 3.98. The molecule has 5 amide bonds. The van der Waals surface area contributed by atoms with Crippen molar-refractivity contribution in [1.82, 2.24) is 20.7 Å². The molecule has 1 saturated heterocycles. The van der Waals surface area contributed by atoms with Crippen molar-refractivity contribution in [2.24, 2.45) is 17.6 Å². The third kappa shape index (κ3) is 4.39. The first-order chi connectivity index (χ1) is 10.9. The molecule has 0 aromatic carbocycles. The average Bonchev–Trinajstić information content (AvgIpc) is 2.76. The van der Waals surface area contributed by atoms with Crippen molar-refractivity contribution in [3.05, 3.63) is 0 Å². The molecule has 0 aliphatic carbocycles. The number of carbonyl (C=O) groups excluding carboxylic acids is 4. The van der Waals surface area contributed by atoms with Crippen molar-refractivity contribution >= 4 is 23.8 Å². The molecular formula is C13H24N6O4. The fourth-order valence-electron chi connectivity index (χ4n) is 2.46. The number of nitrogens with one attached hydrogen (secondary N) is 2. The summed E-state index contributed by atoms with van der Waals surface area (Å²) in [5.74, 6) is 8.21. The minimum atomic E-state index is -0.623. The van der Waals surface area contributed by atoms with Gasteiger partial charge in [-0.2, -0.15) is 0 Å². The van der Waals surface area contributed by atoms with E-state index >= 15 is 0 Å². The van der Waals surface area contributed by atoms with Crippen LogP contribution >= 0.6 is 0 Å². The Morgan fingerprint density at radius 2 is 1.91 bits per heavy atom. The molecule has 1 heterocycles. The summed E-state index contributed by atoms with van der Waals surface area (Å²) in [6.07, 6.45) is 1.20. The number of hydrogen-bond donors (Lipinski definition) is 4. The van der Waals surface area contributed by atoms with Gasteiger partial charge in [-0.25, -0.2) is 16.5 Å². The molecule has 0 saturated carbocycles. The summed E-state index contributed by atoms with van der Waals surface area (Å²) >= 11 is 0. The molecule has 0 aromatic rings. The predicted molar refractivity (Wildman–Crippen MR) is 81.0 cm³/mol. The van der Waals surface area contributed by atoms with Gasteiger partial charge in [0.2, 0.25) is 11.8 Å². The lowest BCUT2D eigenvalue weighted by Crippen LogP contribution is -2.43. The average molecular weight is 328 g/mol. The Labute approximate surface area is 134 Å². The van der Waals surface area contributed by atoms with E-state index in [0.29, 0.717) is 12.8 Å². The molecule has 1 fully saturated rings. The Balaban J connectivity index is 2.85. The van der Waals surface area contributed by atoms with Gasteiger partial charge in [0, 0.05) is 19.5 Å². The smallest absolute Gasteiger partial charge is 0.312 e. The zero-order valence-corrected chi connectivity index (χ0v) is 13.4. The number of imide groups is 1. The quantitative estimate of drug-likeness (QED) is 0.183. The molecule has 10 heteroatoms. The summed E-state index contributed by atoms with van der Waals surface area (Å²) in [7, 11) is 0. The van der Waals surface area contributed by atoms with Crippen molar-refractivity contribution in [3.63, 3.8) is 0 Å². The highest BCUT2D eigenvalue weighted by atomic mass is 16.2. The van der Waals surface area contributed by atoms with Crippen LogP contribution in [-0.2, 0) is 14.4 Å². The lowest BCUT2D eigenvalue weighted by atomic mass is 10.1.